The van der Waals surface area contributed by atoms with E-state index in [2.05, 4.69) is 5.32 Å². The van der Waals surface area contributed by atoms with Gasteiger partial charge >= 0.3 is 0 Å². The van der Waals surface area contributed by atoms with Crippen LogP contribution in [0.1, 0.15) is 25.0 Å². The fourth-order valence-corrected chi connectivity index (χ4v) is 5.16. The molecule has 0 aliphatic carbocycles. The van der Waals surface area contributed by atoms with Gasteiger partial charge in [0.25, 0.3) is 0 Å². The molecular formula is C28H30Cl2FN3O4S. The fourth-order valence-electron chi connectivity index (χ4n) is 3.99. The summed E-state index contributed by atoms with van der Waals surface area (Å²) in [7, 11) is -3.94. The fraction of sp³-hybridized carbons (Fsp3) is 0.286. The topological polar surface area (TPSA) is 86.8 Å². The Hall–Kier alpha value is -3.14. The predicted molar refractivity (Wildman–Crippen MR) is 153 cm³/mol. The van der Waals surface area contributed by atoms with Gasteiger partial charge in [0.2, 0.25) is 21.8 Å². The summed E-state index contributed by atoms with van der Waals surface area (Å²) in [6.07, 6.45) is 1.14. The van der Waals surface area contributed by atoms with Crippen molar-refractivity contribution in [3.05, 3.63) is 99.8 Å². The van der Waals surface area contributed by atoms with Gasteiger partial charge in [0.05, 0.1) is 22.0 Å². The highest BCUT2D eigenvalue weighted by Gasteiger charge is 2.33. The molecular weight excluding hydrogens is 564 g/mol. The molecule has 3 rings (SSSR count). The van der Waals surface area contributed by atoms with E-state index in [0.717, 1.165) is 28.3 Å². The van der Waals surface area contributed by atoms with Crippen LogP contribution in [0, 0.1) is 5.82 Å². The summed E-state index contributed by atoms with van der Waals surface area (Å²) in [6.45, 7) is 2.97. The van der Waals surface area contributed by atoms with Crippen LogP contribution < -0.4 is 9.62 Å². The SMILES string of the molecule is CC(C)NC(=O)[C@@H](Cc1ccccc1)N(Cc1ccc(Cl)c(Cl)c1)C(=O)CN(c1ccc(F)cc1)S(C)(=O)=O. The van der Waals surface area contributed by atoms with Gasteiger partial charge in [-0.3, -0.25) is 13.9 Å². The minimum Gasteiger partial charge on any atom is -0.352 e. The van der Waals surface area contributed by atoms with Crippen molar-refractivity contribution in [3.63, 3.8) is 0 Å². The summed E-state index contributed by atoms with van der Waals surface area (Å²) in [6, 6.07) is 17.7. The Labute approximate surface area is 238 Å². The van der Waals surface area contributed by atoms with Crippen LogP contribution in [0.15, 0.2) is 72.8 Å². The molecule has 0 unspecified atom stereocenters. The van der Waals surface area contributed by atoms with Gasteiger partial charge in [0.1, 0.15) is 18.4 Å². The lowest BCUT2D eigenvalue weighted by atomic mass is 10.0. The molecule has 7 nitrogen and oxygen atoms in total. The van der Waals surface area contributed by atoms with Crippen molar-refractivity contribution in [3.8, 4) is 0 Å². The Morgan fingerprint density at radius 1 is 0.923 bits per heavy atom. The van der Waals surface area contributed by atoms with Gasteiger partial charge in [-0.05, 0) is 61.4 Å². The van der Waals surface area contributed by atoms with Crippen molar-refractivity contribution in [1.29, 1.82) is 0 Å². The van der Waals surface area contributed by atoms with Crippen LogP contribution in [0.25, 0.3) is 0 Å². The maximum atomic E-state index is 13.9. The molecule has 0 bridgehead atoms. The first kappa shape index (κ1) is 30.4. The third-order valence-corrected chi connectivity index (χ3v) is 7.71. The summed E-state index contributed by atoms with van der Waals surface area (Å²) in [4.78, 5) is 28.7. The van der Waals surface area contributed by atoms with E-state index in [1.54, 1.807) is 18.2 Å². The monoisotopic (exact) mass is 593 g/mol. The molecule has 0 aliphatic rings. The van der Waals surface area contributed by atoms with E-state index < -0.39 is 40.2 Å². The summed E-state index contributed by atoms with van der Waals surface area (Å²) in [5.41, 5.74) is 1.53. The molecule has 1 N–H and O–H groups in total. The summed E-state index contributed by atoms with van der Waals surface area (Å²) < 4.78 is 39.8. The number of nitrogens with zero attached hydrogens (tertiary/aromatic N) is 2. The number of halogens is 3. The lowest BCUT2D eigenvalue weighted by Gasteiger charge is -2.34. The van der Waals surface area contributed by atoms with Crippen molar-refractivity contribution >= 4 is 50.7 Å². The van der Waals surface area contributed by atoms with E-state index in [1.165, 1.54) is 17.0 Å². The van der Waals surface area contributed by atoms with E-state index in [0.29, 0.717) is 10.6 Å². The number of anilines is 1. The lowest BCUT2D eigenvalue weighted by molar-refractivity contribution is -0.140. The normalized spacial score (nSPS) is 12.2. The largest absolute Gasteiger partial charge is 0.352 e. The average Bonchev–Trinajstić information content (AvgIpc) is 2.87. The highest BCUT2D eigenvalue weighted by molar-refractivity contribution is 7.92. The number of hydrogen-bond donors (Lipinski definition) is 1. The van der Waals surface area contributed by atoms with Gasteiger partial charge in [-0.1, -0.05) is 59.6 Å². The number of sulfonamides is 1. The second kappa shape index (κ2) is 13.3. The van der Waals surface area contributed by atoms with Crippen molar-refractivity contribution in [2.24, 2.45) is 0 Å². The molecule has 0 aromatic heterocycles. The van der Waals surface area contributed by atoms with Crippen LogP contribution in [-0.4, -0.2) is 50.0 Å². The molecule has 39 heavy (non-hydrogen) atoms. The van der Waals surface area contributed by atoms with E-state index >= 15 is 0 Å². The summed E-state index contributed by atoms with van der Waals surface area (Å²) >= 11 is 12.3. The van der Waals surface area contributed by atoms with Crippen molar-refractivity contribution in [2.45, 2.75) is 38.9 Å². The lowest BCUT2D eigenvalue weighted by Crippen LogP contribution is -2.54. The standard InChI is InChI=1S/C28H30Cl2FN3O4S/c1-19(2)32-28(36)26(16-20-7-5-4-6-8-20)33(17-21-9-14-24(29)25(30)15-21)27(35)18-34(39(3,37)38)23-12-10-22(31)11-13-23/h4-15,19,26H,16-18H2,1-3H3,(H,32,36)/t26-/m1/s1. The van der Waals surface area contributed by atoms with Crippen molar-refractivity contribution < 1.29 is 22.4 Å². The molecule has 0 aliphatic heterocycles. The third-order valence-electron chi connectivity index (χ3n) is 5.83. The first-order chi connectivity index (χ1) is 18.3. The number of carbonyl (C=O) groups excluding carboxylic acids is 2. The van der Waals surface area contributed by atoms with Crippen LogP contribution in [0.2, 0.25) is 10.0 Å². The minimum absolute atomic E-state index is 0.0419. The Balaban J connectivity index is 2.06. The zero-order valence-corrected chi connectivity index (χ0v) is 24.1. The highest BCUT2D eigenvalue weighted by atomic mass is 35.5. The van der Waals surface area contributed by atoms with Gasteiger partial charge < -0.3 is 10.2 Å². The zero-order valence-electron chi connectivity index (χ0n) is 21.8. The Bertz CT molecular complexity index is 1400. The van der Waals surface area contributed by atoms with E-state index in [9.17, 15) is 22.4 Å². The number of nitrogens with one attached hydrogen (secondary N) is 1. The number of amides is 2. The first-order valence-electron chi connectivity index (χ1n) is 12.2. The molecule has 2 amide bonds. The number of benzene rings is 3. The van der Waals surface area contributed by atoms with Crippen molar-refractivity contribution in [2.75, 3.05) is 17.1 Å². The predicted octanol–water partition coefficient (Wildman–Crippen LogP) is 5.06. The van der Waals surface area contributed by atoms with Crippen LogP contribution in [0.5, 0.6) is 0 Å². The van der Waals surface area contributed by atoms with Gasteiger partial charge in [-0.15, -0.1) is 0 Å². The molecule has 0 spiro atoms. The van der Waals surface area contributed by atoms with Gasteiger partial charge in [0, 0.05) is 19.0 Å². The molecule has 3 aromatic rings. The molecule has 11 heteroatoms. The minimum atomic E-state index is -3.94. The van der Waals surface area contributed by atoms with Crippen LogP contribution >= 0.6 is 23.2 Å². The maximum absolute atomic E-state index is 13.9. The Morgan fingerprint density at radius 3 is 2.13 bits per heavy atom. The molecule has 0 heterocycles. The summed E-state index contributed by atoms with van der Waals surface area (Å²) in [5, 5.41) is 3.48. The number of rotatable bonds is 11. The highest BCUT2D eigenvalue weighted by Crippen LogP contribution is 2.25. The summed E-state index contributed by atoms with van der Waals surface area (Å²) in [5.74, 6) is -1.57. The smallest absolute Gasteiger partial charge is 0.244 e. The van der Waals surface area contributed by atoms with E-state index in [1.807, 2.05) is 44.2 Å². The second-order valence-corrected chi connectivity index (χ2v) is 12.1. The third kappa shape index (κ3) is 8.68. The Kier molecular flexibility index (Phi) is 10.4. The molecule has 0 saturated carbocycles. The molecule has 3 aromatic carbocycles. The van der Waals surface area contributed by atoms with Gasteiger partial charge in [-0.25, -0.2) is 12.8 Å². The maximum Gasteiger partial charge on any atom is 0.244 e. The van der Waals surface area contributed by atoms with Gasteiger partial charge in [0.15, 0.2) is 0 Å². The quantitative estimate of drug-likeness (QED) is 0.336. The molecule has 1 atom stereocenters. The van der Waals surface area contributed by atoms with Crippen molar-refractivity contribution in [1.82, 2.24) is 10.2 Å². The van der Waals surface area contributed by atoms with Crippen LogP contribution in [0.3, 0.4) is 0 Å². The second-order valence-electron chi connectivity index (χ2n) is 9.38. The molecule has 0 saturated heterocycles. The Morgan fingerprint density at radius 2 is 1.56 bits per heavy atom. The van der Waals surface area contributed by atoms with Crippen LogP contribution in [0.4, 0.5) is 10.1 Å². The number of hydrogen-bond acceptors (Lipinski definition) is 4. The molecule has 0 radical (unpaired) electrons. The van der Waals surface area contributed by atoms with Crippen LogP contribution in [-0.2, 0) is 32.6 Å². The van der Waals surface area contributed by atoms with Gasteiger partial charge in [-0.2, -0.15) is 0 Å². The first-order valence-corrected chi connectivity index (χ1v) is 14.8. The number of carbonyl (C=O) groups is 2. The van der Waals surface area contributed by atoms with E-state index in [-0.39, 0.29) is 29.7 Å². The average molecular weight is 595 g/mol. The molecule has 208 valence electrons. The zero-order chi connectivity index (χ0) is 28.7. The van der Waals surface area contributed by atoms with E-state index in [4.69, 9.17) is 23.2 Å². The molecule has 0 fully saturated rings.